The van der Waals surface area contributed by atoms with Crippen molar-refractivity contribution in [3.63, 3.8) is 0 Å². The quantitative estimate of drug-likeness (QED) is 0.683. The first-order valence-electron chi connectivity index (χ1n) is 8.18. The van der Waals surface area contributed by atoms with Crippen LogP contribution >= 0.6 is 0 Å². The Balaban J connectivity index is 2.43. The molecule has 1 heterocycles. The molecule has 0 bridgehead atoms. The van der Waals surface area contributed by atoms with Crippen LogP contribution in [0.1, 0.15) is 52.9 Å². The summed E-state index contributed by atoms with van der Waals surface area (Å²) < 4.78 is 0. The molecule has 0 amide bonds. The fourth-order valence-electron chi connectivity index (χ4n) is 2.99. The highest BCUT2D eigenvalue weighted by molar-refractivity contribution is 5.67. The lowest BCUT2D eigenvalue weighted by atomic mass is 9.91. The molecule has 2 unspecified atom stereocenters. The second-order valence-corrected chi connectivity index (χ2v) is 6.65. The average molecular weight is 284 g/mol. The molecule has 4 nitrogen and oxygen atoms in total. The van der Waals surface area contributed by atoms with E-state index in [0.717, 1.165) is 38.5 Å². The van der Waals surface area contributed by atoms with E-state index in [-0.39, 0.29) is 0 Å². The van der Waals surface area contributed by atoms with E-state index >= 15 is 0 Å². The number of rotatable bonds is 9. The molecule has 0 spiro atoms. The number of likely N-dealkylation sites (tertiary alicyclic amines) is 1. The zero-order chi connectivity index (χ0) is 15.0. The predicted octanol–water partition coefficient (Wildman–Crippen LogP) is 2.59. The smallest absolute Gasteiger partial charge is 0.303 e. The van der Waals surface area contributed by atoms with Gasteiger partial charge < -0.3 is 15.3 Å². The molecule has 20 heavy (non-hydrogen) atoms. The molecule has 0 aromatic rings. The van der Waals surface area contributed by atoms with Gasteiger partial charge in [-0.1, -0.05) is 27.2 Å². The first kappa shape index (κ1) is 17.4. The van der Waals surface area contributed by atoms with E-state index in [1.165, 1.54) is 19.3 Å². The standard InChI is InChI=1S/C16H32N2O2/c1-4-5-8-18-11-14(10-16(19)20)9-15(12-18)17-7-6-13(2)3/h13-15,17H,4-12H2,1-3H3,(H,19,20). The lowest BCUT2D eigenvalue weighted by Gasteiger charge is -2.38. The zero-order valence-electron chi connectivity index (χ0n) is 13.4. The van der Waals surface area contributed by atoms with Crippen LogP contribution in [0.25, 0.3) is 0 Å². The summed E-state index contributed by atoms with van der Waals surface area (Å²) in [5.74, 6) is 0.361. The van der Waals surface area contributed by atoms with Crippen molar-refractivity contribution in [2.45, 2.75) is 58.9 Å². The Kier molecular flexibility index (Phi) is 8.15. The molecule has 1 rings (SSSR count). The Morgan fingerprint density at radius 1 is 1.40 bits per heavy atom. The van der Waals surface area contributed by atoms with Crippen molar-refractivity contribution in [2.75, 3.05) is 26.2 Å². The predicted molar refractivity (Wildman–Crippen MR) is 83.0 cm³/mol. The molecule has 0 aromatic carbocycles. The van der Waals surface area contributed by atoms with Gasteiger partial charge in [0, 0.05) is 25.6 Å². The minimum atomic E-state index is -0.659. The number of hydrogen-bond donors (Lipinski definition) is 2. The normalized spacial score (nSPS) is 24.2. The van der Waals surface area contributed by atoms with Crippen LogP contribution in [0.5, 0.6) is 0 Å². The zero-order valence-corrected chi connectivity index (χ0v) is 13.4. The van der Waals surface area contributed by atoms with Gasteiger partial charge in [0.15, 0.2) is 0 Å². The summed E-state index contributed by atoms with van der Waals surface area (Å²) in [7, 11) is 0. The van der Waals surface area contributed by atoms with E-state index < -0.39 is 5.97 Å². The summed E-state index contributed by atoms with van der Waals surface area (Å²) in [5.41, 5.74) is 0. The second kappa shape index (κ2) is 9.35. The number of nitrogens with one attached hydrogen (secondary N) is 1. The number of unbranched alkanes of at least 4 members (excludes halogenated alkanes) is 1. The molecule has 0 radical (unpaired) electrons. The van der Waals surface area contributed by atoms with Crippen LogP contribution in [0.15, 0.2) is 0 Å². The monoisotopic (exact) mass is 284 g/mol. The highest BCUT2D eigenvalue weighted by Gasteiger charge is 2.27. The van der Waals surface area contributed by atoms with Crippen LogP contribution in [-0.4, -0.2) is 48.2 Å². The van der Waals surface area contributed by atoms with Crippen LogP contribution in [0.4, 0.5) is 0 Å². The molecule has 1 fully saturated rings. The third-order valence-electron chi connectivity index (χ3n) is 4.06. The van der Waals surface area contributed by atoms with Gasteiger partial charge in [0.05, 0.1) is 0 Å². The minimum Gasteiger partial charge on any atom is -0.481 e. The molecule has 0 aromatic heterocycles. The highest BCUT2D eigenvalue weighted by Crippen LogP contribution is 2.20. The van der Waals surface area contributed by atoms with E-state index in [2.05, 4.69) is 31.0 Å². The van der Waals surface area contributed by atoms with E-state index in [1.54, 1.807) is 0 Å². The van der Waals surface area contributed by atoms with Gasteiger partial charge >= 0.3 is 5.97 Å². The maximum Gasteiger partial charge on any atom is 0.303 e. The van der Waals surface area contributed by atoms with Crippen molar-refractivity contribution >= 4 is 5.97 Å². The molecular weight excluding hydrogens is 252 g/mol. The molecule has 4 heteroatoms. The lowest BCUT2D eigenvalue weighted by Crippen LogP contribution is -2.50. The van der Waals surface area contributed by atoms with Gasteiger partial charge in [0.1, 0.15) is 0 Å². The van der Waals surface area contributed by atoms with Crippen molar-refractivity contribution in [1.29, 1.82) is 0 Å². The molecule has 2 atom stereocenters. The first-order valence-corrected chi connectivity index (χ1v) is 8.18. The molecule has 118 valence electrons. The summed E-state index contributed by atoms with van der Waals surface area (Å²) in [6, 6.07) is 0.462. The number of piperidine rings is 1. The first-order chi connectivity index (χ1) is 9.51. The largest absolute Gasteiger partial charge is 0.481 e. The fraction of sp³-hybridized carbons (Fsp3) is 0.938. The lowest BCUT2D eigenvalue weighted by molar-refractivity contribution is -0.138. The fourth-order valence-corrected chi connectivity index (χ4v) is 2.99. The molecule has 1 saturated heterocycles. The van der Waals surface area contributed by atoms with Crippen LogP contribution in [0.2, 0.25) is 0 Å². The summed E-state index contributed by atoms with van der Waals surface area (Å²) in [5, 5.41) is 12.7. The van der Waals surface area contributed by atoms with Crippen LogP contribution in [0.3, 0.4) is 0 Å². The van der Waals surface area contributed by atoms with Crippen molar-refractivity contribution in [3.8, 4) is 0 Å². The molecule has 1 aliphatic rings. The van der Waals surface area contributed by atoms with Crippen molar-refractivity contribution in [2.24, 2.45) is 11.8 Å². The highest BCUT2D eigenvalue weighted by atomic mass is 16.4. The Morgan fingerprint density at radius 3 is 2.75 bits per heavy atom. The third-order valence-corrected chi connectivity index (χ3v) is 4.06. The Morgan fingerprint density at radius 2 is 2.15 bits per heavy atom. The maximum absolute atomic E-state index is 11.0. The molecule has 1 aliphatic heterocycles. The van der Waals surface area contributed by atoms with Gasteiger partial charge in [-0.3, -0.25) is 4.79 Å². The van der Waals surface area contributed by atoms with Crippen molar-refractivity contribution < 1.29 is 9.90 Å². The van der Waals surface area contributed by atoms with Crippen LogP contribution in [0, 0.1) is 11.8 Å². The number of nitrogens with zero attached hydrogens (tertiary/aromatic N) is 1. The minimum absolute atomic E-state index is 0.301. The van der Waals surface area contributed by atoms with Gasteiger partial charge in [-0.2, -0.15) is 0 Å². The van der Waals surface area contributed by atoms with Crippen molar-refractivity contribution in [1.82, 2.24) is 10.2 Å². The summed E-state index contributed by atoms with van der Waals surface area (Å²) in [6.45, 7) is 10.9. The van der Waals surface area contributed by atoms with E-state index in [0.29, 0.717) is 18.4 Å². The third kappa shape index (κ3) is 7.25. The molecule has 0 aliphatic carbocycles. The number of carbonyl (C=O) groups is 1. The van der Waals surface area contributed by atoms with Gasteiger partial charge in [-0.15, -0.1) is 0 Å². The number of carboxylic acid groups (broad SMARTS) is 1. The second-order valence-electron chi connectivity index (χ2n) is 6.65. The molecule has 2 N–H and O–H groups in total. The topological polar surface area (TPSA) is 52.6 Å². The summed E-state index contributed by atoms with van der Waals surface area (Å²) >= 11 is 0. The Bertz CT molecular complexity index is 282. The Hall–Kier alpha value is -0.610. The van der Waals surface area contributed by atoms with Gasteiger partial charge in [-0.05, 0) is 44.2 Å². The number of aliphatic carboxylic acids is 1. The average Bonchev–Trinajstić information content (AvgIpc) is 2.35. The maximum atomic E-state index is 11.0. The summed E-state index contributed by atoms with van der Waals surface area (Å²) in [6.07, 6.45) is 4.91. The van der Waals surface area contributed by atoms with Gasteiger partial charge in [0.25, 0.3) is 0 Å². The van der Waals surface area contributed by atoms with E-state index in [1.807, 2.05) is 0 Å². The Labute approximate surface area is 123 Å². The van der Waals surface area contributed by atoms with Gasteiger partial charge in [-0.25, -0.2) is 0 Å². The molecular formula is C16H32N2O2. The van der Waals surface area contributed by atoms with Crippen LogP contribution < -0.4 is 5.32 Å². The van der Waals surface area contributed by atoms with E-state index in [4.69, 9.17) is 5.11 Å². The summed E-state index contributed by atoms with van der Waals surface area (Å²) in [4.78, 5) is 13.4. The molecule has 0 saturated carbocycles. The number of carboxylic acids is 1. The van der Waals surface area contributed by atoms with Crippen LogP contribution in [-0.2, 0) is 4.79 Å². The van der Waals surface area contributed by atoms with Gasteiger partial charge in [0.2, 0.25) is 0 Å². The SMILES string of the molecule is CCCCN1CC(CC(=O)O)CC(NCCC(C)C)C1. The van der Waals surface area contributed by atoms with Crippen molar-refractivity contribution in [3.05, 3.63) is 0 Å². The van der Waals surface area contributed by atoms with E-state index in [9.17, 15) is 4.79 Å². The number of hydrogen-bond acceptors (Lipinski definition) is 3.